The summed E-state index contributed by atoms with van der Waals surface area (Å²) in [5, 5.41) is 0. The lowest BCUT2D eigenvalue weighted by Crippen LogP contribution is -2.06. The first-order valence-corrected chi connectivity index (χ1v) is 10.4. The van der Waals surface area contributed by atoms with Gasteiger partial charge >= 0.3 is 0 Å². The fourth-order valence-corrected chi connectivity index (χ4v) is 3.85. The number of aromatic nitrogens is 4. The molecule has 0 unspecified atom stereocenters. The number of nitrogens with zero attached hydrogens (tertiary/aromatic N) is 3. The minimum Gasteiger partial charge on any atom is -0.437 e. The molecule has 31 heavy (non-hydrogen) atoms. The zero-order chi connectivity index (χ0) is 21.0. The van der Waals surface area contributed by atoms with Crippen LogP contribution in [-0.4, -0.2) is 38.9 Å². The zero-order valence-electron chi connectivity index (χ0n) is 17.0. The molecule has 1 aliphatic rings. The molecule has 7 heteroatoms. The van der Waals surface area contributed by atoms with Crippen LogP contribution in [0.3, 0.4) is 0 Å². The van der Waals surface area contributed by atoms with Crippen LogP contribution in [-0.2, 0) is 4.74 Å². The molecule has 156 valence electrons. The van der Waals surface area contributed by atoms with E-state index in [-0.39, 0.29) is 11.7 Å². The quantitative estimate of drug-likeness (QED) is 0.478. The van der Waals surface area contributed by atoms with Crippen LogP contribution in [0.25, 0.3) is 11.0 Å². The monoisotopic (exact) mass is 414 g/mol. The van der Waals surface area contributed by atoms with Gasteiger partial charge in [0.25, 0.3) is 0 Å². The highest BCUT2D eigenvalue weighted by Crippen LogP contribution is 2.33. The summed E-state index contributed by atoms with van der Waals surface area (Å²) in [6, 6.07) is 14.6. The number of rotatable bonds is 5. The molecule has 2 aromatic carbocycles. The average molecular weight is 414 g/mol. The maximum Gasteiger partial charge on any atom is 0.241 e. The third-order valence-corrected chi connectivity index (χ3v) is 5.47. The topological polar surface area (TPSA) is 90.0 Å². The minimum absolute atomic E-state index is 0.165. The van der Waals surface area contributed by atoms with Gasteiger partial charge in [0.2, 0.25) is 11.7 Å². The summed E-state index contributed by atoms with van der Waals surface area (Å²) < 4.78 is 11.6. The number of hydrogen-bond acceptors (Lipinski definition) is 6. The standard InChI is InChI=1S/C24H22N4O3/c29-22(23-27-19-5-1-2-6-20(19)28-23)17-7-9-18(10-8-17)31-24-21(25-12-13-26-24)16-4-3-14-30-15-11-16/h1-2,5-10,12-13,16H,3-4,11,14-15H2,(H,27,28)/t16-/m1/s1. The van der Waals surface area contributed by atoms with E-state index in [4.69, 9.17) is 9.47 Å². The van der Waals surface area contributed by atoms with Crippen LogP contribution in [0.2, 0.25) is 0 Å². The Kier molecular flexibility index (Phi) is 5.41. The number of nitrogens with one attached hydrogen (secondary N) is 1. The van der Waals surface area contributed by atoms with Gasteiger partial charge in [-0.15, -0.1) is 0 Å². The van der Waals surface area contributed by atoms with E-state index >= 15 is 0 Å². The fraction of sp³-hybridized carbons (Fsp3) is 0.250. The van der Waals surface area contributed by atoms with Crippen molar-refractivity contribution in [3.63, 3.8) is 0 Å². The Morgan fingerprint density at radius 3 is 2.71 bits per heavy atom. The first kappa shape index (κ1) is 19.4. The maximum absolute atomic E-state index is 12.8. The number of ketones is 1. The van der Waals surface area contributed by atoms with Gasteiger partial charge < -0.3 is 14.5 Å². The van der Waals surface area contributed by atoms with Gasteiger partial charge in [-0.25, -0.2) is 9.97 Å². The lowest BCUT2D eigenvalue weighted by Gasteiger charge is -2.16. The molecule has 1 fully saturated rings. The van der Waals surface area contributed by atoms with Crippen LogP contribution in [0.1, 0.15) is 47.1 Å². The van der Waals surface area contributed by atoms with E-state index in [1.54, 1.807) is 36.7 Å². The van der Waals surface area contributed by atoms with Crippen LogP contribution in [0.15, 0.2) is 60.9 Å². The van der Waals surface area contributed by atoms with Crippen molar-refractivity contribution in [2.75, 3.05) is 13.2 Å². The summed E-state index contributed by atoms with van der Waals surface area (Å²) in [6.45, 7) is 1.51. The number of para-hydroxylation sites is 2. The maximum atomic E-state index is 12.8. The number of carbonyl (C=O) groups is 1. The molecule has 1 saturated heterocycles. The zero-order valence-corrected chi connectivity index (χ0v) is 17.0. The van der Waals surface area contributed by atoms with E-state index in [9.17, 15) is 4.79 Å². The second kappa shape index (κ2) is 8.65. The highest BCUT2D eigenvalue weighted by molar-refractivity contribution is 6.08. The van der Waals surface area contributed by atoms with Crippen LogP contribution in [0, 0.1) is 0 Å². The molecule has 0 saturated carbocycles. The summed E-state index contributed by atoms with van der Waals surface area (Å²) in [5.41, 5.74) is 3.00. The van der Waals surface area contributed by atoms with Crippen molar-refractivity contribution >= 4 is 16.8 Å². The van der Waals surface area contributed by atoms with E-state index in [2.05, 4.69) is 19.9 Å². The van der Waals surface area contributed by atoms with Crippen molar-refractivity contribution < 1.29 is 14.3 Å². The summed E-state index contributed by atoms with van der Waals surface area (Å²) in [5.74, 6) is 1.53. The summed E-state index contributed by atoms with van der Waals surface area (Å²) in [7, 11) is 0. The highest BCUT2D eigenvalue weighted by Gasteiger charge is 2.21. The molecule has 0 aliphatic carbocycles. The molecular formula is C24H22N4O3. The number of benzene rings is 2. The smallest absolute Gasteiger partial charge is 0.241 e. The number of ether oxygens (including phenoxy) is 2. The molecule has 1 atom stereocenters. The van der Waals surface area contributed by atoms with Crippen molar-refractivity contribution in [1.82, 2.24) is 19.9 Å². The molecule has 0 amide bonds. The average Bonchev–Trinajstić information content (AvgIpc) is 3.06. The number of H-pyrrole nitrogens is 1. The Labute approximate surface area is 179 Å². The van der Waals surface area contributed by atoms with Crippen molar-refractivity contribution in [3.8, 4) is 11.6 Å². The summed E-state index contributed by atoms with van der Waals surface area (Å²) in [4.78, 5) is 29.2. The second-order valence-corrected chi connectivity index (χ2v) is 7.55. The summed E-state index contributed by atoms with van der Waals surface area (Å²) >= 11 is 0. The molecule has 1 N–H and O–H groups in total. The lowest BCUT2D eigenvalue weighted by atomic mass is 9.97. The van der Waals surface area contributed by atoms with Gasteiger partial charge in [-0.05, 0) is 55.7 Å². The number of carbonyl (C=O) groups excluding carboxylic acids is 1. The Morgan fingerprint density at radius 2 is 1.84 bits per heavy atom. The number of hydrogen-bond donors (Lipinski definition) is 1. The molecule has 0 bridgehead atoms. The molecule has 1 aliphatic heterocycles. The Bertz CT molecular complexity index is 1160. The van der Waals surface area contributed by atoms with Gasteiger partial charge in [-0.3, -0.25) is 9.78 Å². The first-order chi connectivity index (χ1) is 15.3. The van der Waals surface area contributed by atoms with Gasteiger partial charge in [-0.1, -0.05) is 12.1 Å². The Balaban J connectivity index is 1.34. The first-order valence-electron chi connectivity index (χ1n) is 10.4. The van der Waals surface area contributed by atoms with Crippen molar-refractivity contribution in [2.24, 2.45) is 0 Å². The number of imidazole rings is 1. The Morgan fingerprint density at radius 1 is 1.00 bits per heavy atom. The van der Waals surface area contributed by atoms with Gasteiger partial charge in [0, 0.05) is 37.1 Å². The van der Waals surface area contributed by atoms with E-state index in [0.717, 1.165) is 49.2 Å². The van der Waals surface area contributed by atoms with E-state index in [0.29, 0.717) is 23.0 Å². The van der Waals surface area contributed by atoms with E-state index in [1.165, 1.54) is 0 Å². The van der Waals surface area contributed by atoms with Crippen LogP contribution < -0.4 is 4.74 Å². The third-order valence-electron chi connectivity index (χ3n) is 5.47. The highest BCUT2D eigenvalue weighted by atomic mass is 16.5. The van der Waals surface area contributed by atoms with E-state index in [1.807, 2.05) is 24.3 Å². The molecule has 0 radical (unpaired) electrons. The molecule has 3 heterocycles. The van der Waals surface area contributed by atoms with Gasteiger partial charge in [-0.2, -0.15) is 0 Å². The van der Waals surface area contributed by atoms with Crippen LogP contribution in [0.5, 0.6) is 11.6 Å². The van der Waals surface area contributed by atoms with Crippen molar-refractivity contribution in [3.05, 3.63) is 78.0 Å². The molecule has 2 aromatic heterocycles. The normalized spacial score (nSPS) is 16.7. The number of aromatic amines is 1. The lowest BCUT2D eigenvalue weighted by molar-refractivity contribution is 0.103. The van der Waals surface area contributed by atoms with Crippen molar-refractivity contribution in [1.29, 1.82) is 0 Å². The van der Waals surface area contributed by atoms with E-state index < -0.39 is 0 Å². The Hall–Kier alpha value is -3.58. The molecule has 5 rings (SSSR count). The third kappa shape index (κ3) is 4.18. The van der Waals surface area contributed by atoms with Crippen LogP contribution >= 0.6 is 0 Å². The molecule has 0 spiro atoms. The largest absolute Gasteiger partial charge is 0.437 e. The molecule has 7 nitrogen and oxygen atoms in total. The molecule has 4 aromatic rings. The summed E-state index contributed by atoms with van der Waals surface area (Å²) in [6.07, 6.45) is 6.23. The van der Waals surface area contributed by atoms with Crippen LogP contribution in [0.4, 0.5) is 0 Å². The van der Waals surface area contributed by atoms with Gasteiger partial charge in [0.15, 0.2) is 5.82 Å². The SMILES string of the molecule is O=C(c1ccc(Oc2nccnc2[C@@H]2CCCOCC2)cc1)c1nc2ccccc2[nH]1. The molecular weight excluding hydrogens is 392 g/mol. The minimum atomic E-state index is -0.165. The van der Waals surface area contributed by atoms with Gasteiger partial charge in [0.1, 0.15) is 11.4 Å². The fourth-order valence-electron chi connectivity index (χ4n) is 3.85. The number of fused-ring (bicyclic) bond motifs is 1. The predicted octanol–water partition coefficient (Wildman–Crippen LogP) is 4.66. The van der Waals surface area contributed by atoms with Crippen molar-refractivity contribution in [2.45, 2.75) is 25.2 Å². The predicted molar refractivity (Wildman–Crippen MR) is 115 cm³/mol. The van der Waals surface area contributed by atoms with Gasteiger partial charge in [0.05, 0.1) is 11.0 Å². The second-order valence-electron chi connectivity index (χ2n) is 7.55.